The molecule has 0 fully saturated rings. The lowest BCUT2D eigenvalue weighted by Gasteiger charge is -2.01. The molecule has 0 spiro atoms. The Morgan fingerprint density at radius 2 is 2.25 bits per heavy atom. The van der Waals surface area contributed by atoms with Crippen molar-refractivity contribution in [1.82, 2.24) is 4.98 Å². The van der Waals surface area contributed by atoms with Gasteiger partial charge in [-0.25, -0.2) is 4.98 Å². The summed E-state index contributed by atoms with van der Waals surface area (Å²) in [5.74, 6) is 0.904. The molecule has 0 radical (unpaired) electrons. The third-order valence-corrected chi connectivity index (χ3v) is 2.65. The quantitative estimate of drug-likeness (QED) is 0.858. The van der Waals surface area contributed by atoms with Crippen LogP contribution in [0.3, 0.4) is 0 Å². The molecule has 1 aromatic carbocycles. The first-order chi connectivity index (χ1) is 7.70. The van der Waals surface area contributed by atoms with E-state index in [1.54, 1.807) is 6.26 Å². The Bertz CT molecular complexity index is 476. The van der Waals surface area contributed by atoms with Gasteiger partial charge in [-0.15, -0.1) is 0 Å². The molecular weight excluding hydrogens is 200 g/mol. The van der Waals surface area contributed by atoms with Gasteiger partial charge in [0.2, 0.25) is 5.89 Å². The maximum Gasteiger partial charge on any atom is 0.226 e. The van der Waals surface area contributed by atoms with Crippen molar-refractivity contribution in [2.24, 2.45) is 5.73 Å². The summed E-state index contributed by atoms with van der Waals surface area (Å²) in [6.45, 7) is 4.67. The van der Waals surface area contributed by atoms with Crippen molar-refractivity contribution >= 4 is 0 Å². The van der Waals surface area contributed by atoms with Crippen LogP contribution in [0.4, 0.5) is 0 Å². The maximum atomic E-state index is 5.59. The molecule has 1 aromatic heterocycles. The Morgan fingerprint density at radius 3 is 2.94 bits per heavy atom. The summed E-state index contributed by atoms with van der Waals surface area (Å²) in [7, 11) is 0. The highest BCUT2D eigenvalue weighted by atomic mass is 16.3. The van der Waals surface area contributed by atoms with Crippen molar-refractivity contribution in [3.63, 3.8) is 0 Å². The van der Waals surface area contributed by atoms with E-state index in [-0.39, 0.29) is 5.92 Å². The molecule has 0 aliphatic carbocycles. The number of nitrogens with zero attached hydrogens (tertiary/aromatic N) is 1. The van der Waals surface area contributed by atoms with Crippen LogP contribution in [0.15, 0.2) is 34.9 Å². The molecule has 0 aliphatic rings. The lowest BCUT2D eigenvalue weighted by molar-refractivity contribution is 0.570. The van der Waals surface area contributed by atoms with Crippen LogP contribution in [0.2, 0.25) is 0 Å². The second kappa shape index (κ2) is 4.49. The summed E-state index contributed by atoms with van der Waals surface area (Å²) in [6.07, 6.45) is 1.69. The minimum absolute atomic E-state index is 0.238. The fourth-order valence-corrected chi connectivity index (χ4v) is 1.54. The van der Waals surface area contributed by atoms with Crippen molar-refractivity contribution in [3.05, 3.63) is 41.8 Å². The minimum Gasteiger partial charge on any atom is -0.444 e. The molecule has 0 bridgehead atoms. The van der Waals surface area contributed by atoms with E-state index >= 15 is 0 Å². The van der Waals surface area contributed by atoms with Crippen molar-refractivity contribution in [1.29, 1.82) is 0 Å². The number of benzene rings is 1. The average Bonchev–Trinajstić information content (AvgIpc) is 2.77. The number of oxazole rings is 1. The zero-order valence-corrected chi connectivity index (χ0v) is 9.60. The first-order valence-electron chi connectivity index (χ1n) is 5.43. The van der Waals surface area contributed by atoms with Crippen molar-refractivity contribution in [2.45, 2.75) is 19.8 Å². The van der Waals surface area contributed by atoms with Gasteiger partial charge in [0, 0.05) is 18.0 Å². The molecule has 84 valence electrons. The van der Waals surface area contributed by atoms with Gasteiger partial charge in [0.25, 0.3) is 0 Å². The van der Waals surface area contributed by atoms with E-state index in [2.05, 4.69) is 24.0 Å². The lowest BCUT2D eigenvalue weighted by Crippen LogP contribution is -2.08. The first-order valence-corrected chi connectivity index (χ1v) is 5.43. The van der Waals surface area contributed by atoms with Gasteiger partial charge < -0.3 is 10.2 Å². The molecular formula is C13H16N2O. The second-order valence-corrected chi connectivity index (χ2v) is 4.08. The Kier molecular flexibility index (Phi) is 3.06. The predicted molar refractivity (Wildman–Crippen MR) is 64.1 cm³/mol. The van der Waals surface area contributed by atoms with Gasteiger partial charge >= 0.3 is 0 Å². The van der Waals surface area contributed by atoms with Gasteiger partial charge in [-0.05, 0) is 19.1 Å². The molecule has 0 amide bonds. The number of hydrogen-bond donors (Lipinski definition) is 1. The first kappa shape index (κ1) is 10.9. The molecule has 3 nitrogen and oxygen atoms in total. The summed E-state index contributed by atoms with van der Waals surface area (Å²) in [6, 6.07) is 8.11. The molecule has 1 atom stereocenters. The number of rotatable bonds is 3. The SMILES string of the molecule is Cc1cccc(-c2nc(C(C)CN)co2)c1. The van der Waals surface area contributed by atoms with Crippen LogP contribution in [-0.4, -0.2) is 11.5 Å². The second-order valence-electron chi connectivity index (χ2n) is 4.08. The van der Waals surface area contributed by atoms with Gasteiger partial charge in [-0.1, -0.05) is 24.6 Å². The largest absolute Gasteiger partial charge is 0.444 e. The molecule has 0 aliphatic heterocycles. The molecule has 1 heterocycles. The van der Waals surface area contributed by atoms with E-state index in [1.165, 1.54) is 5.56 Å². The van der Waals surface area contributed by atoms with Crippen LogP contribution in [0, 0.1) is 6.92 Å². The number of aryl methyl sites for hydroxylation is 1. The summed E-state index contributed by atoms with van der Waals surface area (Å²) in [5, 5.41) is 0. The highest BCUT2D eigenvalue weighted by Crippen LogP contribution is 2.22. The summed E-state index contributed by atoms with van der Waals surface area (Å²) in [5.41, 5.74) is 8.72. The number of hydrogen-bond acceptors (Lipinski definition) is 3. The van der Waals surface area contributed by atoms with E-state index in [9.17, 15) is 0 Å². The topological polar surface area (TPSA) is 52.0 Å². The maximum absolute atomic E-state index is 5.59. The van der Waals surface area contributed by atoms with Crippen LogP contribution in [0.1, 0.15) is 24.1 Å². The fraction of sp³-hybridized carbons (Fsp3) is 0.308. The van der Waals surface area contributed by atoms with Crippen molar-refractivity contribution < 1.29 is 4.42 Å². The fourth-order valence-electron chi connectivity index (χ4n) is 1.54. The average molecular weight is 216 g/mol. The number of aromatic nitrogens is 1. The standard InChI is InChI=1S/C13H16N2O/c1-9-4-3-5-11(6-9)13-15-12(8-16-13)10(2)7-14/h3-6,8,10H,7,14H2,1-2H3. The van der Waals surface area contributed by atoms with Gasteiger partial charge in [-0.2, -0.15) is 0 Å². The predicted octanol–water partition coefficient (Wildman–Crippen LogP) is 2.71. The summed E-state index contributed by atoms with van der Waals surface area (Å²) >= 11 is 0. The molecule has 3 heteroatoms. The van der Waals surface area contributed by atoms with Gasteiger partial charge in [0.1, 0.15) is 6.26 Å². The highest BCUT2D eigenvalue weighted by molar-refractivity contribution is 5.54. The lowest BCUT2D eigenvalue weighted by atomic mass is 10.1. The monoisotopic (exact) mass is 216 g/mol. The molecule has 1 unspecified atom stereocenters. The van der Waals surface area contributed by atoms with Crippen LogP contribution >= 0.6 is 0 Å². The van der Waals surface area contributed by atoms with Crippen LogP contribution in [-0.2, 0) is 0 Å². The zero-order chi connectivity index (χ0) is 11.5. The van der Waals surface area contributed by atoms with E-state index in [0.717, 1.165) is 11.3 Å². The third-order valence-electron chi connectivity index (χ3n) is 2.65. The van der Waals surface area contributed by atoms with E-state index in [4.69, 9.17) is 10.2 Å². The normalized spacial score (nSPS) is 12.7. The van der Waals surface area contributed by atoms with E-state index < -0.39 is 0 Å². The molecule has 16 heavy (non-hydrogen) atoms. The van der Waals surface area contributed by atoms with Gasteiger partial charge in [-0.3, -0.25) is 0 Å². The Labute approximate surface area is 95.3 Å². The molecule has 2 rings (SSSR count). The van der Waals surface area contributed by atoms with Crippen LogP contribution < -0.4 is 5.73 Å². The van der Waals surface area contributed by atoms with Crippen LogP contribution in [0.25, 0.3) is 11.5 Å². The Morgan fingerprint density at radius 1 is 1.44 bits per heavy atom. The van der Waals surface area contributed by atoms with Gasteiger partial charge in [0.05, 0.1) is 5.69 Å². The highest BCUT2D eigenvalue weighted by Gasteiger charge is 2.11. The smallest absolute Gasteiger partial charge is 0.226 e. The zero-order valence-electron chi connectivity index (χ0n) is 9.60. The van der Waals surface area contributed by atoms with Crippen LogP contribution in [0.5, 0.6) is 0 Å². The van der Waals surface area contributed by atoms with Gasteiger partial charge in [0.15, 0.2) is 0 Å². The molecule has 2 N–H and O–H groups in total. The summed E-state index contributed by atoms with van der Waals surface area (Å²) < 4.78 is 5.46. The number of nitrogens with two attached hydrogens (primary N) is 1. The van der Waals surface area contributed by atoms with Crippen molar-refractivity contribution in [3.8, 4) is 11.5 Å². The van der Waals surface area contributed by atoms with Crippen molar-refractivity contribution in [2.75, 3.05) is 6.54 Å². The van der Waals surface area contributed by atoms with E-state index in [1.807, 2.05) is 19.1 Å². The Balaban J connectivity index is 2.31. The minimum atomic E-state index is 0.238. The Hall–Kier alpha value is -1.61. The molecule has 0 saturated heterocycles. The van der Waals surface area contributed by atoms with E-state index in [0.29, 0.717) is 12.4 Å². The molecule has 2 aromatic rings. The molecule has 0 saturated carbocycles. The summed E-state index contributed by atoms with van der Waals surface area (Å²) in [4.78, 5) is 4.45. The third kappa shape index (κ3) is 2.14.